The number of hydrogen-bond donors (Lipinski definition) is 2. The van der Waals surface area contributed by atoms with E-state index in [4.69, 9.17) is 0 Å². The molecule has 1 unspecified atom stereocenters. The highest BCUT2D eigenvalue weighted by Crippen LogP contribution is 2.22. The third-order valence-corrected chi connectivity index (χ3v) is 3.33. The smallest absolute Gasteiger partial charge is 0.251 e. The van der Waals surface area contributed by atoms with Crippen LogP contribution in [-0.2, 0) is 0 Å². The number of imidazole rings is 1. The summed E-state index contributed by atoms with van der Waals surface area (Å²) in [5, 5.41) is 12.2. The Kier molecular flexibility index (Phi) is 4.98. The van der Waals surface area contributed by atoms with Crippen LogP contribution in [0.25, 0.3) is 0 Å². The normalized spacial score (nSPS) is 12.9. The number of nitrogens with zero attached hydrogens (tertiary/aromatic N) is 2. The maximum Gasteiger partial charge on any atom is 0.251 e. The van der Waals surface area contributed by atoms with Crippen molar-refractivity contribution in [1.29, 1.82) is 0 Å². The van der Waals surface area contributed by atoms with Crippen molar-refractivity contribution in [3.8, 4) is 0 Å². The van der Waals surface area contributed by atoms with Crippen molar-refractivity contribution in [3.05, 3.63) is 54.1 Å². The molecule has 0 aliphatic heterocycles. The first kappa shape index (κ1) is 16.2. The number of carbonyl (C=O) groups excluding carboxylic acids is 1. The third-order valence-electron chi connectivity index (χ3n) is 3.33. The Bertz CT molecular complexity index is 598. The van der Waals surface area contributed by atoms with E-state index in [9.17, 15) is 9.90 Å². The summed E-state index contributed by atoms with van der Waals surface area (Å²) in [7, 11) is 0. The lowest BCUT2D eigenvalue weighted by molar-refractivity contribution is 0.0919. The molecule has 5 heteroatoms. The van der Waals surface area contributed by atoms with Gasteiger partial charge in [0.1, 0.15) is 0 Å². The fraction of sp³-hybridized carbons (Fsp3) is 0.412. The quantitative estimate of drug-likeness (QED) is 0.891. The van der Waals surface area contributed by atoms with Crippen molar-refractivity contribution in [3.63, 3.8) is 0 Å². The lowest BCUT2D eigenvalue weighted by atomic mass is 10.0. The molecular formula is C17H23N3O2. The Morgan fingerprint density at radius 3 is 2.50 bits per heavy atom. The van der Waals surface area contributed by atoms with Crippen molar-refractivity contribution < 1.29 is 9.90 Å². The molecular weight excluding hydrogens is 278 g/mol. The van der Waals surface area contributed by atoms with E-state index in [1.807, 2.05) is 55.8 Å². The van der Waals surface area contributed by atoms with Gasteiger partial charge in [0.2, 0.25) is 0 Å². The molecule has 1 atom stereocenters. The second-order valence-corrected chi connectivity index (χ2v) is 6.36. The van der Waals surface area contributed by atoms with E-state index in [1.54, 1.807) is 12.5 Å². The molecule has 0 bridgehead atoms. The van der Waals surface area contributed by atoms with Crippen LogP contribution in [0.3, 0.4) is 0 Å². The van der Waals surface area contributed by atoms with Gasteiger partial charge in [0.05, 0.1) is 12.4 Å². The molecule has 0 saturated heterocycles. The van der Waals surface area contributed by atoms with Crippen molar-refractivity contribution in [2.45, 2.75) is 38.8 Å². The SMILES string of the molecule is CC(C)(C)NC(=O)c1ccc(C(CCO)n2ccnc2)cc1. The number of rotatable bonds is 5. The van der Waals surface area contributed by atoms with Crippen LogP contribution in [0.2, 0.25) is 0 Å². The van der Waals surface area contributed by atoms with E-state index in [0.29, 0.717) is 12.0 Å². The summed E-state index contributed by atoms with van der Waals surface area (Å²) >= 11 is 0. The van der Waals surface area contributed by atoms with E-state index >= 15 is 0 Å². The Morgan fingerprint density at radius 1 is 1.32 bits per heavy atom. The van der Waals surface area contributed by atoms with E-state index in [2.05, 4.69) is 10.3 Å². The van der Waals surface area contributed by atoms with E-state index in [1.165, 1.54) is 0 Å². The first-order valence-corrected chi connectivity index (χ1v) is 7.41. The number of aromatic nitrogens is 2. The molecule has 0 saturated carbocycles. The molecule has 2 rings (SSSR count). The summed E-state index contributed by atoms with van der Waals surface area (Å²) in [6, 6.07) is 7.51. The zero-order chi connectivity index (χ0) is 16.2. The number of carbonyl (C=O) groups is 1. The Balaban J connectivity index is 2.18. The molecule has 1 aromatic heterocycles. The maximum absolute atomic E-state index is 12.1. The first-order chi connectivity index (χ1) is 10.4. The van der Waals surface area contributed by atoms with Gasteiger partial charge in [0, 0.05) is 30.1 Å². The second kappa shape index (κ2) is 6.75. The van der Waals surface area contributed by atoms with Crippen molar-refractivity contribution in [2.24, 2.45) is 0 Å². The molecule has 0 fully saturated rings. The molecule has 2 aromatic rings. The lowest BCUT2D eigenvalue weighted by Crippen LogP contribution is -2.40. The van der Waals surface area contributed by atoms with Crippen LogP contribution < -0.4 is 5.32 Å². The van der Waals surface area contributed by atoms with Crippen molar-refractivity contribution in [1.82, 2.24) is 14.9 Å². The number of aliphatic hydroxyl groups is 1. The van der Waals surface area contributed by atoms with Crippen LogP contribution in [0.5, 0.6) is 0 Å². The highest BCUT2D eigenvalue weighted by Gasteiger charge is 2.17. The highest BCUT2D eigenvalue weighted by molar-refractivity contribution is 5.94. The lowest BCUT2D eigenvalue weighted by Gasteiger charge is -2.21. The van der Waals surface area contributed by atoms with Crippen molar-refractivity contribution in [2.75, 3.05) is 6.61 Å². The molecule has 0 aliphatic carbocycles. The number of aliphatic hydroxyl groups excluding tert-OH is 1. The zero-order valence-corrected chi connectivity index (χ0v) is 13.3. The van der Waals surface area contributed by atoms with Gasteiger partial charge >= 0.3 is 0 Å². The van der Waals surface area contributed by atoms with Gasteiger partial charge in [-0.05, 0) is 44.9 Å². The second-order valence-electron chi connectivity index (χ2n) is 6.36. The summed E-state index contributed by atoms with van der Waals surface area (Å²) in [5.74, 6) is -0.0830. The summed E-state index contributed by atoms with van der Waals surface area (Å²) < 4.78 is 1.96. The van der Waals surface area contributed by atoms with E-state index in [-0.39, 0.29) is 24.1 Å². The molecule has 1 amide bonds. The molecule has 5 nitrogen and oxygen atoms in total. The molecule has 0 spiro atoms. The Hall–Kier alpha value is -2.14. The zero-order valence-electron chi connectivity index (χ0n) is 13.3. The summed E-state index contributed by atoms with van der Waals surface area (Å²) in [6.45, 7) is 5.95. The van der Waals surface area contributed by atoms with Gasteiger partial charge in [-0.1, -0.05) is 12.1 Å². The molecule has 2 N–H and O–H groups in total. The molecule has 118 valence electrons. The van der Waals surface area contributed by atoms with Crippen LogP contribution in [0.4, 0.5) is 0 Å². The predicted octanol–water partition coefficient (Wildman–Crippen LogP) is 2.38. The highest BCUT2D eigenvalue weighted by atomic mass is 16.3. The first-order valence-electron chi connectivity index (χ1n) is 7.41. The largest absolute Gasteiger partial charge is 0.396 e. The Morgan fingerprint density at radius 2 is 2.00 bits per heavy atom. The van der Waals surface area contributed by atoms with Gasteiger partial charge < -0.3 is 15.0 Å². The number of benzene rings is 1. The van der Waals surface area contributed by atoms with Crippen LogP contribution >= 0.6 is 0 Å². The topological polar surface area (TPSA) is 67.2 Å². The van der Waals surface area contributed by atoms with E-state index < -0.39 is 0 Å². The summed E-state index contributed by atoms with van der Waals surface area (Å²) in [6.07, 6.45) is 5.93. The van der Waals surface area contributed by atoms with Gasteiger partial charge in [-0.15, -0.1) is 0 Å². The van der Waals surface area contributed by atoms with Gasteiger partial charge in [0.15, 0.2) is 0 Å². The van der Waals surface area contributed by atoms with Gasteiger partial charge in [-0.25, -0.2) is 4.98 Å². The van der Waals surface area contributed by atoms with Gasteiger partial charge in [-0.2, -0.15) is 0 Å². The molecule has 1 aromatic carbocycles. The minimum Gasteiger partial charge on any atom is -0.396 e. The van der Waals surface area contributed by atoms with Crippen LogP contribution in [0.1, 0.15) is 49.2 Å². The number of hydrogen-bond acceptors (Lipinski definition) is 3. The molecule has 0 aliphatic rings. The predicted molar refractivity (Wildman–Crippen MR) is 85.7 cm³/mol. The summed E-state index contributed by atoms with van der Waals surface area (Å²) in [4.78, 5) is 16.2. The number of nitrogens with one attached hydrogen (secondary N) is 1. The Labute approximate surface area is 131 Å². The monoisotopic (exact) mass is 301 g/mol. The van der Waals surface area contributed by atoms with Crippen LogP contribution in [0.15, 0.2) is 43.0 Å². The third kappa shape index (κ3) is 4.18. The van der Waals surface area contributed by atoms with E-state index in [0.717, 1.165) is 5.56 Å². The molecule has 22 heavy (non-hydrogen) atoms. The average molecular weight is 301 g/mol. The van der Waals surface area contributed by atoms with Crippen LogP contribution in [0, 0.1) is 0 Å². The number of amides is 1. The maximum atomic E-state index is 12.1. The fourth-order valence-electron chi connectivity index (χ4n) is 2.33. The average Bonchev–Trinajstić information content (AvgIpc) is 2.97. The van der Waals surface area contributed by atoms with Gasteiger partial charge in [-0.3, -0.25) is 4.79 Å². The van der Waals surface area contributed by atoms with Crippen molar-refractivity contribution >= 4 is 5.91 Å². The molecule has 1 heterocycles. The summed E-state index contributed by atoms with van der Waals surface area (Å²) in [5.41, 5.74) is 1.41. The van der Waals surface area contributed by atoms with Gasteiger partial charge in [0.25, 0.3) is 5.91 Å². The standard InChI is InChI=1S/C17H23N3O2/c1-17(2,3)19-16(22)14-6-4-13(5-7-14)15(8-11-21)20-10-9-18-12-20/h4-7,9-10,12,15,21H,8,11H2,1-3H3,(H,19,22). The molecule has 0 radical (unpaired) electrons. The minimum absolute atomic E-state index is 0.0206. The fourth-order valence-corrected chi connectivity index (χ4v) is 2.33. The minimum atomic E-state index is -0.258. The van der Waals surface area contributed by atoms with Crippen LogP contribution in [-0.4, -0.2) is 32.7 Å².